The van der Waals surface area contributed by atoms with Crippen LogP contribution in [0.15, 0.2) is 42.5 Å². The third kappa shape index (κ3) is 3.33. The molecule has 4 rings (SSSR count). The highest BCUT2D eigenvalue weighted by molar-refractivity contribution is 6.51. The molecule has 0 saturated heterocycles. The number of nitrogens with one attached hydrogen (secondary N) is 2. The van der Waals surface area contributed by atoms with E-state index in [0.29, 0.717) is 10.9 Å². The van der Waals surface area contributed by atoms with E-state index in [-0.39, 0.29) is 35.0 Å². The van der Waals surface area contributed by atoms with Crippen LogP contribution in [0.1, 0.15) is 23.0 Å². The first kappa shape index (κ1) is 21.3. The lowest BCUT2D eigenvalue weighted by molar-refractivity contribution is -0.286. The third-order valence-corrected chi connectivity index (χ3v) is 5.27. The quantitative estimate of drug-likeness (QED) is 0.593. The smallest absolute Gasteiger partial charge is 0.395 e. The van der Waals surface area contributed by atoms with Crippen molar-refractivity contribution in [2.45, 2.75) is 13.2 Å². The summed E-state index contributed by atoms with van der Waals surface area (Å²) in [6.07, 6.45) is -3.78. The molecule has 10 heteroatoms. The number of rotatable bonds is 5. The molecule has 2 aromatic carbocycles. The molecule has 2 N–H and O–H groups in total. The molecule has 2 heterocycles. The highest BCUT2D eigenvalue weighted by Crippen LogP contribution is 2.43. The van der Waals surface area contributed by atoms with E-state index in [0.717, 1.165) is 0 Å². The molecule has 0 bridgehead atoms. The Morgan fingerprint density at radius 3 is 2.53 bits per heavy atom. The molecule has 0 radical (unpaired) electrons. The second-order valence-electron chi connectivity index (χ2n) is 7.10. The van der Waals surface area contributed by atoms with Gasteiger partial charge in [0.05, 0.1) is 0 Å². The van der Waals surface area contributed by atoms with Gasteiger partial charge in [0.15, 0.2) is 11.5 Å². The van der Waals surface area contributed by atoms with Gasteiger partial charge in [-0.15, -0.1) is 8.78 Å². The summed E-state index contributed by atoms with van der Waals surface area (Å²) in [5.74, 6) is -1.49. The van der Waals surface area contributed by atoms with E-state index < -0.39 is 23.8 Å². The number of aromatic nitrogens is 1. The second kappa shape index (κ2) is 7.63. The minimum Gasteiger partial charge on any atom is -0.395 e. The van der Waals surface area contributed by atoms with Crippen LogP contribution in [0.4, 0.5) is 14.5 Å². The molecule has 1 aromatic heterocycles. The summed E-state index contributed by atoms with van der Waals surface area (Å²) in [6, 6.07) is 11.0. The lowest BCUT2D eigenvalue weighted by atomic mass is 10.0. The maximum absolute atomic E-state index is 13.4. The standard InChI is InChI=1S/C22H20F2N4O4/c1-4-28(12-9-10-15-16(11-12)32-22(23,24)31-15)21(30)18(25)17-13-7-5-6-8-14(13)27(3)19(17)20(29)26-2/h5-11,25H,4H2,1-3H3,(H,26,29). The topological polar surface area (TPSA) is 96.7 Å². The van der Waals surface area contributed by atoms with Crippen LogP contribution in [-0.4, -0.2) is 42.0 Å². The number of hydrogen-bond donors (Lipinski definition) is 2. The number of para-hydroxylation sites is 1. The Labute approximate surface area is 181 Å². The second-order valence-corrected chi connectivity index (χ2v) is 7.10. The lowest BCUT2D eigenvalue weighted by Gasteiger charge is -2.22. The van der Waals surface area contributed by atoms with E-state index >= 15 is 0 Å². The molecular formula is C22H20F2N4O4. The Morgan fingerprint density at radius 2 is 1.84 bits per heavy atom. The molecule has 0 unspecified atom stereocenters. The minimum atomic E-state index is -3.78. The summed E-state index contributed by atoms with van der Waals surface area (Å²) >= 11 is 0. The number of carbonyl (C=O) groups excluding carboxylic acids is 2. The van der Waals surface area contributed by atoms with Crippen molar-refractivity contribution in [3.63, 3.8) is 0 Å². The molecule has 32 heavy (non-hydrogen) atoms. The number of hydrogen-bond acceptors (Lipinski definition) is 5. The van der Waals surface area contributed by atoms with Gasteiger partial charge in [0.1, 0.15) is 11.4 Å². The van der Waals surface area contributed by atoms with E-state index in [9.17, 15) is 18.4 Å². The van der Waals surface area contributed by atoms with Crippen molar-refractivity contribution < 1.29 is 27.8 Å². The van der Waals surface area contributed by atoms with Gasteiger partial charge >= 0.3 is 6.29 Å². The fourth-order valence-electron chi connectivity index (χ4n) is 3.82. The van der Waals surface area contributed by atoms with Crippen LogP contribution in [-0.2, 0) is 11.8 Å². The largest absolute Gasteiger partial charge is 0.586 e. The number of amides is 2. The zero-order valence-electron chi connectivity index (χ0n) is 17.5. The predicted octanol–water partition coefficient (Wildman–Crippen LogP) is 3.28. The molecular weight excluding hydrogens is 422 g/mol. The average Bonchev–Trinajstić information content (AvgIpc) is 3.25. The van der Waals surface area contributed by atoms with Gasteiger partial charge in [0.25, 0.3) is 11.8 Å². The van der Waals surface area contributed by atoms with E-state index in [1.807, 2.05) is 0 Å². The van der Waals surface area contributed by atoms with Crippen molar-refractivity contribution in [3.05, 3.63) is 53.7 Å². The highest BCUT2D eigenvalue weighted by atomic mass is 19.3. The molecule has 0 saturated carbocycles. The highest BCUT2D eigenvalue weighted by Gasteiger charge is 2.43. The van der Waals surface area contributed by atoms with Crippen molar-refractivity contribution in [1.82, 2.24) is 9.88 Å². The minimum absolute atomic E-state index is 0.145. The monoisotopic (exact) mass is 442 g/mol. The SMILES string of the molecule is CCN(C(=O)C(=N)c1c(C(=O)NC)n(C)c2ccccc12)c1ccc2c(c1)OC(F)(F)O2. The Bertz CT molecular complexity index is 1270. The first-order valence-corrected chi connectivity index (χ1v) is 9.78. The number of likely N-dealkylation sites (N-methyl/N-ethyl adjacent to an activating group) is 1. The maximum Gasteiger partial charge on any atom is 0.586 e. The number of fused-ring (bicyclic) bond motifs is 2. The number of halogens is 2. The maximum atomic E-state index is 13.4. The molecule has 1 aliphatic heterocycles. The van der Waals surface area contributed by atoms with E-state index in [4.69, 9.17) is 5.41 Å². The fraction of sp³-hybridized carbons (Fsp3) is 0.227. The molecule has 0 fully saturated rings. The number of aryl methyl sites for hydroxylation is 1. The normalized spacial score (nSPS) is 13.8. The summed E-state index contributed by atoms with van der Waals surface area (Å²) < 4.78 is 37.2. The molecule has 3 aromatic rings. The summed E-state index contributed by atoms with van der Waals surface area (Å²) in [6.45, 7) is 1.84. The van der Waals surface area contributed by atoms with Crippen molar-refractivity contribution in [1.29, 1.82) is 5.41 Å². The van der Waals surface area contributed by atoms with Crippen molar-refractivity contribution >= 4 is 34.1 Å². The zero-order chi connectivity index (χ0) is 23.2. The summed E-state index contributed by atoms with van der Waals surface area (Å²) in [5.41, 5.74) is 0.910. The van der Waals surface area contributed by atoms with Crippen LogP contribution in [0.3, 0.4) is 0 Å². The van der Waals surface area contributed by atoms with Gasteiger partial charge in [-0.2, -0.15) is 0 Å². The molecule has 0 spiro atoms. The molecule has 0 aliphatic carbocycles. The van der Waals surface area contributed by atoms with Gasteiger partial charge in [0, 0.05) is 48.9 Å². The number of alkyl halides is 2. The van der Waals surface area contributed by atoms with Crippen molar-refractivity contribution in [2.24, 2.45) is 7.05 Å². The van der Waals surface area contributed by atoms with E-state index in [2.05, 4.69) is 14.8 Å². The van der Waals surface area contributed by atoms with Crippen molar-refractivity contribution in [3.8, 4) is 11.5 Å². The van der Waals surface area contributed by atoms with Gasteiger partial charge in [0.2, 0.25) is 0 Å². The summed E-state index contributed by atoms with van der Waals surface area (Å²) in [4.78, 5) is 27.2. The molecule has 166 valence electrons. The number of benzene rings is 2. The summed E-state index contributed by atoms with van der Waals surface area (Å²) in [7, 11) is 3.15. The molecule has 2 amide bonds. The Kier molecular flexibility index (Phi) is 5.08. The summed E-state index contributed by atoms with van der Waals surface area (Å²) in [5, 5.41) is 11.8. The third-order valence-electron chi connectivity index (χ3n) is 5.27. The van der Waals surface area contributed by atoms with Crippen LogP contribution >= 0.6 is 0 Å². The van der Waals surface area contributed by atoms with E-state index in [1.165, 1.54) is 30.1 Å². The van der Waals surface area contributed by atoms with E-state index in [1.54, 1.807) is 42.8 Å². The Morgan fingerprint density at radius 1 is 1.16 bits per heavy atom. The van der Waals surface area contributed by atoms with Gasteiger partial charge in [-0.3, -0.25) is 15.0 Å². The number of anilines is 1. The lowest BCUT2D eigenvalue weighted by Crippen LogP contribution is -2.37. The Balaban J connectivity index is 1.77. The number of nitrogens with zero attached hydrogens (tertiary/aromatic N) is 2. The van der Waals surface area contributed by atoms with Crippen LogP contribution in [0.5, 0.6) is 11.5 Å². The molecule has 0 atom stereocenters. The van der Waals surface area contributed by atoms with Gasteiger partial charge < -0.3 is 24.3 Å². The average molecular weight is 442 g/mol. The predicted molar refractivity (Wildman–Crippen MR) is 114 cm³/mol. The first-order valence-electron chi connectivity index (χ1n) is 9.78. The van der Waals surface area contributed by atoms with Crippen LogP contribution in [0.25, 0.3) is 10.9 Å². The Hall–Kier alpha value is -3.95. The molecule has 8 nitrogen and oxygen atoms in total. The fourth-order valence-corrected chi connectivity index (χ4v) is 3.82. The van der Waals surface area contributed by atoms with Crippen LogP contribution in [0.2, 0.25) is 0 Å². The zero-order valence-corrected chi connectivity index (χ0v) is 17.5. The van der Waals surface area contributed by atoms with Crippen molar-refractivity contribution in [2.75, 3.05) is 18.5 Å². The van der Waals surface area contributed by atoms with Gasteiger partial charge in [-0.05, 0) is 25.1 Å². The molecule has 1 aliphatic rings. The number of carbonyl (C=O) groups is 2. The number of ether oxygens (including phenoxy) is 2. The first-order chi connectivity index (χ1) is 15.2. The van der Waals surface area contributed by atoms with Crippen LogP contribution in [0, 0.1) is 5.41 Å². The van der Waals surface area contributed by atoms with Crippen LogP contribution < -0.4 is 19.7 Å². The van der Waals surface area contributed by atoms with Gasteiger partial charge in [-0.1, -0.05) is 18.2 Å². The van der Waals surface area contributed by atoms with Gasteiger partial charge in [-0.25, -0.2) is 0 Å².